The summed E-state index contributed by atoms with van der Waals surface area (Å²) in [6.45, 7) is 4.11. The molecule has 0 aromatic heterocycles. The van der Waals surface area contributed by atoms with Crippen LogP contribution in [0, 0.1) is 0 Å². The Bertz CT molecular complexity index is 1070. The fraction of sp³-hybridized carbons (Fsp3) is 0.727. The molecule has 0 rings (SSSR count). The summed E-state index contributed by atoms with van der Waals surface area (Å²) in [6.07, 6.45) is 45.4. The Hall–Kier alpha value is -2.29. The van der Waals surface area contributed by atoms with Crippen molar-refractivity contribution >= 4 is 19.8 Å². The molecule has 0 aromatic carbocycles. The number of hydrogen-bond acceptors (Lipinski definition) is 8. The van der Waals surface area contributed by atoms with E-state index in [1.54, 1.807) is 7.05 Å². The topological polar surface area (TPSA) is 120 Å². The highest BCUT2D eigenvalue weighted by molar-refractivity contribution is 7.47. The first-order valence-corrected chi connectivity index (χ1v) is 22.7. The van der Waals surface area contributed by atoms with Gasteiger partial charge in [-0.1, -0.05) is 132 Å². The maximum atomic E-state index is 12.6. The molecule has 2 unspecified atom stereocenters. The summed E-state index contributed by atoms with van der Waals surface area (Å²) in [4.78, 5) is 35.0. The van der Waals surface area contributed by atoms with Crippen LogP contribution in [0.4, 0.5) is 0 Å². The van der Waals surface area contributed by atoms with Crippen LogP contribution in [0.5, 0.6) is 0 Å². The van der Waals surface area contributed by atoms with Gasteiger partial charge in [0.2, 0.25) is 0 Å². The third-order valence-electron chi connectivity index (χ3n) is 8.61. The number of esters is 2. The average molecular weight is 780 g/mol. The van der Waals surface area contributed by atoms with E-state index >= 15 is 0 Å². The van der Waals surface area contributed by atoms with Gasteiger partial charge in [0.05, 0.1) is 13.2 Å². The van der Waals surface area contributed by atoms with Crippen LogP contribution < -0.4 is 5.32 Å². The first-order valence-electron chi connectivity index (χ1n) is 21.2. The number of phosphoric acid groups is 1. The molecule has 0 aliphatic carbocycles. The Balaban J connectivity index is 4.32. The highest BCUT2D eigenvalue weighted by Crippen LogP contribution is 2.43. The van der Waals surface area contributed by atoms with E-state index in [4.69, 9.17) is 18.5 Å². The number of carbonyl (C=O) groups excluding carboxylic acids is 2. The number of ether oxygens (including phenoxy) is 2. The van der Waals surface area contributed by atoms with Crippen LogP contribution in [0.1, 0.15) is 168 Å². The Labute approximate surface area is 330 Å². The van der Waals surface area contributed by atoms with Gasteiger partial charge in [-0.05, 0) is 90.5 Å². The molecule has 0 spiro atoms. The molecule has 0 aliphatic rings. The third-order valence-corrected chi connectivity index (χ3v) is 9.59. The Morgan fingerprint density at radius 2 is 1.00 bits per heavy atom. The molecule has 9 nitrogen and oxygen atoms in total. The third kappa shape index (κ3) is 39.4. The van der Waals surface area contributed by atoms with Crippen LogP contribution in [0.2, 0.25) is 0 Å². The van der Waals surface area contributed by atoms with Crippen molar-refractivity contribution in [2.45, 2.75) is 174 Å². The van der Waals surface area contributed by atoms with Crippen LogP contribution in [0.3, 0.4) is 0 Å². The molecule has 312 valence electrons. The van der Waals surface area contributed by atoms with E-state index in [0.29, 0.717) is 19.4 Å². The highest BCUT2D eigenvalue weighted by Gasteiger charge is 2.26. The molecule has 0 bridgehead atoms. The molecular weight excluding hydrogens is 701 g/mol. The monoisotopic (exact) mass is 780 g/mol. The number of unbranched alkanes of at least 4 members (excludes halogenated alkanes) is 15. The van der Waals surface area contributed by atoms with Gasteiger partial charge >= 0.3 is 19.8 Å². The molecule has 0 saturated carbocycles. The van der Waals surface area contributed by atoms with E-state index in [-0.39, 0.29) is 26.1 Å². The van der Waals surface area contributed by atoms with E-state index in [2.05, 4.69) is 79.9 Å². The molecule has 0 radical (unpaired) electrons. The van der Waals surface area contributed by atoms with Crippen molar-refractivity contribution in [3.8, 4) is 0 Å². The SMILES string of the molecule is CCCCC/C=C\C/C=C\C/C=C\CCCCCCC(=O)OC(COC(=O)CCCCCCC/C=C\C/C=C\CCCCC)COP(=O)(O)OCCNC. The summed E-state index contributed by atoms with van der Waals surface area (Å²) >= 11 is 0. The molecule has 2 atom stereocenters. The van der Waals surface area contributed by atoms with Crippen molar-refractivity contribution in [2.24, 2.45) is 0 Å². The fourth-order valence-electron chi connectivity index (χ4n) is 5.35. The van der Waals surface area contributed by atoms with Gasteiger partial charge in [0.1, 0.15) is 6.61 Å². The van der Waals surface area contributed by atoms with Crippen molar-refractivity contribution in [1.82, 2.24) is 5.32 Å². The van der Waals surface area contributed by atoms with Crippen molar-refractivity contribution in [3.05, 3.63) is 60.8 Å². The Kier molecular flexibility index (Phi) is 38.7. The maximum absolute atomic E-state index is 12.6. The Morgan fingerprint density at radius 3 is 1.48 bits per heavy atom. The summed E-state index contributed by atoms with van der Waals surface area (Å²) in [7, 11) is -2.67. The van der Waals surface area contributed by atoms with E-state index in [0.717, 1.165) is 77.0 Å². The smallest absolute Gasteiger partial charge is 0.462 e. The minimum absolute atomic E-state index is 0.0266. The minimum Gasteiger partial charge on any atom is -0.462 e. The highest BCUT2D eigenvalue weighted by atomic mass is 31.2. The lowest BCUT2D eigenvalue weighted by molar-refractivity contribution is -0.161. The van der Waals surface area contributed by atoms with Gasteiger partial charge in [0, 0.05) is 19.4 Å². The number of hydrogen-bond donors (Lipinski definition) is 2. The number of allylic oxidation sites excluding steroid dienone is 10. The molecule has 54 heavy (non-hydrogen) atoms. The Morgan fingerprint density at radius 1 is 0.574 bits per heavy atom. The molecule has 10 heteroatoms. The predicted molar refractivity (Wildman–Crippen MR) is 224 cm³/mol. The van der Waals surface area contributed by atoms with Gasteiger partial charge in [0.25, 0.3) is 0 Å². The predicted octanol–water partition coefficient (Wildman–Crippen LogP) is 12.0. The molecule has 2 N–H and O–H groups in total. The van der Waals surface area contributed by atoms with Crippen LogP contribution >= 0.6 is 7.82 Å². The van der Waals surface area contributed by atoms with Gasteiger partial charge in [-0.15, -0.1) is 0 Å². The fourth-order valence-corrected chi connectivity index (χ4v) is 6.10. The van der Waals surface area contributed by atoms with Gasteiger partial charge in [-0.25, -0.2) is 4.57 Å². The summed E-state index contributed by atoms with van der Waals surface area (Å²) in [6, 6.07) is 0. The standard InChI is InChI=1S/C44H78NO8P/c1-4-6-8-10-12-14-16-18-20-21-23-25-27-29-31-33-35-37-44(47)53-42(41-52-54(48,49)51-39-38-45-3)40-50-43(46)36-34-32-30-28-26-24-22-19-17-15-13-11-9-7-5-2/h12-15,18-20,22-23,25,42,45H,4-11,16-17,21,24,26-41H2,1-3H3,(H,48,49)/b14-12-,15-13-,20-18-,22-19-,25-23-. The zero-order chi connectivity index (χ0) is 39.6. The van der Waals surface area contributed by atoms with Crippen molar-refractivity contribution < 1.29 is 37.6 Å². The van der Waals surface area contributed by atoms with E-state index in [1.807, 2.05) is 0 Å². The largest absolute Gasteiger partial charge is 0.472 e. The normalized spacial score (nSPS) is 13.9. The van der Waals surface area contributed by atoms with Crippen molar-refractivity contribution in [1.29, 1.82) is 0 Å². The summed E-state index contributed by atoms with van der Waals surface area (Å²) in [5.41, 5.74) is 0. The van der Waals surface area contributed by atoms with Crippen LogP contribution in [0.15, 0.2) is 60.8 Å². The second-order valence-corrected chi connectivity index (χ2v) is 15.3. The summed E-state index contributed by atoms with van der Waals surface area (Å²) in [5.74, 6) is -0.852. The molecule has 0 amide bonds. The quantitative estimate of drug-likeness (QED) is 0.0272. The molecule has 0 saturated heterocycles. The van der Waals surface area contributed by atoms with Gasteiger partial charge in [-0.2, -0.15) is 0 Å². The first kappa shape index (κ1) is 51.7. The second kappa shape index (κ2) is 40.4. The zero-order valence-electron chi connectivity index (χ0n) is 34.4. The number of nitrogens with one attached hydrogen (secondary N) is 1. The number of rotatable bonds is 39. The van der Waals surface area contributed by atoms with Gasteiger partial charge < -0.3 is 19.7 Å². The molecule has 0 aromatic rings. The van der Waals surface area contributed by atoms with Crippen molar-refractivity contribution in [3.63, 3.8) is 0 Å². The van der Waals surface area contributed by atoms with Crippen LogP contribution in [-0.4, -0.2) is 56.3 Å². The van der Waals surface area contributed by atoms with Gasteiger partial charge in [0.15, 0.2) is 6.10 Å². The number of likely N-dealkylation sites (N-methyl/N-ethyl adjacent to an activating group) is 1. The average Bonchev–Trinajstić information content (AvgIpc) is 3.15. The molecule has 0 aliphatic heterocycles. The molecule has 0 fully saturated rings. The number of carbonyl (C=O) groups is 2. The molecular formula is C44H78NO8P. The summed E-state index contributed by atoms with van der Waals surface area (Å²) < 4.78 is 33.1. The van der Waals surface area contributed by atoms with Crippen LogP contribution in [0.25, 0.3) is 0 Å². The van der Waals surface area contributed by atoms with Crippen molar-refractivity contribution in [2.75, 3.05) is 33.4 Å². The maximum Gasteiger partial charge on any atom is 0.472 e. The lowest BCUT2D eigenvalue weighted by Gasteiger charge is -2.20. The zero-order valence-corrected chi connectivity index (χ0v) is 35.3. The lowest BCUT2D eigenvalue weighted by Crippen LogP contribution is -2.29. The lowest BCUT2D eigenvalue weighted by atomic mass is 10.1. The molecule has 0 heterocycles. The van der Waals surface area contributed by atoms with E-state index in [9.17, 15) is 19.0 Å². The number of phosphoric ester groups is 1. The second-order valence-electron chi connectivity index (χ2n) is 13.8. The minimum atomic E-state index is -4.36. The van der Waals surface area contributed by atoms with Crippen LogP contribution in [-0.2, 0) is 32.7 Å². The summed E-state index contributed by atoms with van der Waals surface area (Å²) in [5, 5.41) is 2.82. The first-order chi connectivity index (χ1) is 26.3. The van der Waals surface area contributed by atoms with Gasteiger partial charge in [-0.3, -0.25) is 18.6 Å². The van der Waals surface area contributed by atoms with E-state index in [1.165, 1.54) is 51.4 Å². The van der Waals surface area contributed by atoms with E-state index < -0.39 is 32.5 Å².